The summed E-state index contributed by atoms with van der Waals surface area (Å²) in [5.41, 5.74) is 0. The van der Waals surface area contributed by atoms with Crippen LogP contribution >= 0.6 is 0 Å². The van der Waals surface area contributed by atoms with Crippen molar-refractivity contribution < 1.29 is 9.53 Å². The molecule has 0 aromatic rings. The summed E-state index contributed by atoms with van der Waals surface area (Å²) in [7, 11) is 0. The highest BCUT2D eigenvalue weighted by Gasteiger charge is 2.10. The van der Waals surface area contributed by atoms with Crippen molar-refractivity contribution >= 4 is 5.97 Å². The molecule has 104 valence electrons. The first kappa shape index (κ1) is 16.9. The fourth-order valence-corrected chi connectivity index (χ4v) is 1.95. The van der Waals surface area contributed by atoms with Gasteiger partial charge in [-0.15, -0.1) is 0 Å². The van der Waals surface area contributed by atoms with E-state index in [-0.39, 0.29) is 12.1 Å². The van der Waals surface area contributed by atoms with Gasteiger partial charge >= 0.3 is 5.97 Å². The van der Waals surface area contributed by atoms with Crippen molar-refractivity contribution in [2.45, 2.75) is 71.3 Å². The lowest BCUT2D eigenvalue weighted by Crippen LogP contribution is -2.16. The maximum absolute atomic E-state index is 11.0. The first-order chi connectivity index (χ1) is 8.70. The largest absolute Gasteiger partial charge is 0.463 e. The van der Waals surface area contributed by atoms with Crippen LogP contribution in [0.2, 0.25) is 0 Å². The highest BCUT2D eigenvalue weighted by molar-refractivity contribution is 5.66. The van der Waals surface area contributed by atoms with E-state index in [1.165, 1.54) is 32.6 Å². The summed E-state index contributed by atoms with van der Waals surface area (Å²) >= 11 is 0. The molecular formula is C16H28O2. The topological polar surface area (TPSA) is 26.3 Å². The monoisotopic (exact) mass is 252 g/mol. The van der Waals surface area contributed by atoms with Crippen LogP contribution in [0.15, 0.2) is 24.8 Å². The van der Waals surface area contributed by atoms with Crippen LogP contribution in [0.3, 0.4) is 0 Å². The highest BCUT2D eigenvalue weighted by atomic mass is 16.5. The number of ether oxygens (including phenoxy) is 1. The van der Waals surface area contributed by atoms with Crippen LogP contribution in [0.25, 0.3) is 0 Å². The zero-order valence-electron chi connectivity index (χ0n) is 12.0. The van der Waals surface area contributed by atoms with E-state index in [0.717, 1.165) is 25.7 Å². The fraction of sp³-hybridized carbons (Fsp3) is 0.688. The van der Waals surface area contributed by atoms with Gasteiger partial charge in [0.2, 0.25) is 0 Å². The van der Waals surface area contributed by atoms with Gasteiger partial charge in [-0.25, -0.2) is 0 Å². The van der Waals surface area contributed by atoms with Gasteiger partial charge in [0, 0.05) is 6.92 Å². The first-order valence-electron chi connectivity index (χ1n) is 7.15. The van der Waals surface area contributed by atoms with Crippen molar-refractivity contribution in [1.82, 2.24) is 0 Å². The lowest BCUT2D eigenvalue weighted by molar-refractivity contribution is -0.146. The number of carbonyl (C=O) groups is 1. The van der Waals surface area contributed by atoms with Crippen LogP contribution in [0.5, 0.6) is 0 Å². The Morgan fingerprint density at radius 2 is 1.94 bits per heavy atom. The van der Waals surface area contributed by atoms with E-state index in [4.69, 9.17) is 4.74 Å². The Morgan fingerprint density at radius 1 is 1.22 bits per heavy atom. The second kappa shape index (κ2) is 12.4. The van der Waals surface area contributed by atoms with Crippen molar-refractivity contribution in [3.8, 4) is 0 Å². The minimum absolute atomic E-state index is 0.0820. The number of hydrogen-bond acceptors (Lipinski definition) is 2. The number of rotatable bonds is 11. The highest BCUT2D eigenvalue weighted by Crippen LogP contribution is 2.14. The number of unbranched alkanes of at least 4 members (excludes halogenated alkanes) is 4. The van der Waals surface area contributed by atoms with Gasteiger partial charge in [0.25, 0.3) is 0 Å². The molecule has 0 aliphatic carbocycles. The molecule has 0 spiro atoms. The third kappa shape index (κ3) is 11.4. The number of esters is 1. The standard InChI is InChI=1S/C16H28O2/c1-4-6-8-10-12-14-16(18-15(3)17)13-11-9-7-5-2/h5,7,9,16H,2,4,6,8,10-14H2,1,3H3/b9-7-. The maximum Gasteiger partial charge on any atom is 0.302 e. The second-order valence-corrected chi connectivity index (χ2v) is 4.68. The van der Waals surface area contributed by atoms with Crippen LogP contribution < -0.4 is 0 Å². The minimum Gasteiger partial charge on any atom is -0.463 e. The van der Waals surface area contributed by atoms with Crippen LogP contribution in [0, 0.1) is 0 Å². The summed E-state index contributed by atoms with van der Waals surface area (Å²) in [5, 5.41) is 0. The molecule has 0 aromatic carbocycles. The second-order valence-electron chi connectivity index (χ2n) is 4.68. The Bertz CT molecular complexity index is 243. The van der Waals surface area contributed by atoms with Crippen molar-refractivity contribution in [1.29, 1.82) is 0 Å². The van der Waals surface area contributed by atoms with E-state index in [2.05, 4.69) is 19.6 Å². The molecule has 0 aromatic heterocycles. The van der Waals surface area contributed by atoms with Crippen LogP contribution in [0.4, 0.5) is 0 Å². The van der Waals surface area contributed by atoms with Gasteiger partial charge < -0.3 is 4.74 Å². The molecule has 0 heterocycles. The van der Waals surface area contributed by atoms with E-state index < -0.39 is 0 Å². The molecule has 0 saturated heterocycles. The van der Waals surface area contributed by atoms with Crippen molar-refractivity contribution in [2.24, 2.45) is 0 Å². The van der Waals surface area contributed by atoms with Gasteiger partial charge in [0.05, 0.1) is 0 Å². The van der Waals surface area contributed by atoms with Gasteiger partial charge in [0.1, 0.15) is 6.10 Å². The summed E-state index contributed by atoms with van der Waals surface area (Å²) in [5.74, 6) is -0.166. The van der Waals surface area contributed by atoms with Crippen molar-refractivity contribution in [3.63, 3.8) is 0 Å². The fourth-order valence-electron chi connectivity index (χ4n) is 1.95. The molecule has 0 fully saturated rings. The maximum atomic E-state index is 11.0. The van der Waals surface area contributed by atoms with E-state index in [1.54, 1.807) is 6.08 Å². The normalized spacial score (nSPS) is 12.6. The summed E-state index contributed by atoms with van der Waals surface area (Å²) in [6, 6.07) is 0. The number of allylic oxidation sites excluding steroid dienone is 3. The van der Waals surface area contributed by atoms with Crippen LogP contribution in [-0.4, -0.2) is 12.1 Å². The Balaban J connectivity index is 3.80. The summed E-state index contributed by atoms with van der Waals surface area (Å²) in [4.78, 5) is 11.0. The third-order valence-electron chi connectivity index (χ3n) is 2.89. The molecule has 2 heteroatoms. The lowest BCUT2D eigenvalue weighted by Gasteiger charge is -2.16. The molecule has 0 N–H and O–H groups in total. The third-order valence-corrected chi connectivity index (χ3v) is 2.89. The smallest absolute Gasteiger partial charge is 0.302 e. The van der Waals surface area contributed by atoms with Gasteiger partial charge in [-0.3, -0.25) is 4.79 Å². The number of hydrogen-bond donors (Lipinski definition) is 0. The first-order valence-corrected chi connectivity index (χ1v) is 7.15. The molecule has 2 nitrogen and oxygen atoms in total. The minimum atomic E-state index is -0.166. The summed E-state index contributed by atoms with van der Waals surface area (Å²) < 4.78 is 5.34. The molecule has 0 bridgehead atoms. The zero-order valence-corrected chi connectivity index (χ0v) is 12.0. The van der Waals surface area contributed by atoms with Gasteiger partial charge in [-0.05, 0) is 25.7 Å². The SMILES string of the molecule is C=C/C=C\CCC(CCCCCCC)OC(C)=O. The van der Waals surface area contributed by atoms with E-state index in [1.807, 2.05) is 6.08 Å². The van der Waals surface area contributed by atoms with Gasteiger partial charge in [-0.1, -0.05) is 57.4 Å². The van der Waals surface area contributed by atoms with Crippen LogP contribution in [0.1, 0.15) is 65.2 Å². The predicted molar refractivity (Wildman–Crippen MR) is 77.5 cm³/mol. The van der Waals surface area contributed by atoms with E-state index in [9.17, 15) is 4.79 Å². The van der Waals surface area contributed by atoms with E-state index in [0.29, 0.717) is 0 Å². The quantitative estimate of drug-likeness (QED) is 0.300. The molecule has 0 radical (unpaired) electrons. The van der Waals surface area contributed by atoms with Crippen LogP contribution in [-0.2, 0) is 9.53 Å². The van der Waals surface area contributed by atoms with Crippen molar-refractivity contribution in [2.75, 3.05) is 0 Å². The lowest BCUT2D eigenvalue weighted by atomic mass is 10.0. The predicted octanol–water partition coefficient (Wildman–Crippen LogP) is 4.80. The molecule has 0 aliphatic rings. The Morgan fingerprint density at radius 3 is 2.56 bits per heavy atom. The van der Waals surface area contributed by atoms with Gasteiger partial charge in [0.15, 0.2) is 0 Å². The molecule has 0 aliphatic heterocycles. The summed E-state index contributed by atoms with van der Waals surface area (Å²) in [6.45, 7) is 7.34. The van der Waals surface area contributed by atoms with E-state index >= 15 is 0 Å². The average molecular weight is 252 g/mol. The Labute approximate surface area is 112 Å². The molecule has 1 atom stereocenters. The molecule has 18 heavy (non-hydrogen) atoms. The molecule has 0 saturated carbocycles. The Kier molecular flexibility index (Phi) is 11.7. The Hall–Kier alpha value is -1.05. The molecule has 0 rings (SSSR count). The van der Waals surface area contributed by atoms with Crippen molar-refractivity contribution in [3.05, 3.63) is 24.8 Å². The molecule has 1 unspecified atom stereocenters. The average Bonchev–Trinajstić information content (AvgIpc) is 2.33. The molecular weight excluding hydrogens is 224 g/mol. The molecule has 0 amide bonds. The number of carbonyl (C=O) groups excluding carboxylic acids is 1. The van der Waals surface area contributed by atoms with Gasteiger partial charge in [-0.2, -0.15) is 0 Å². The zero-order chi connectivity index (χ0) is 13.6. The summed E-state index contributed by atoms with van der Waals surface area (Å²) in [6.07, 6.45) is 15.0.